The van der Waals surface area contributed by atoms with Crippen molar-refractivity contribution < 1.29 is 24.2 Å². The standard InChI is InChI=1S/C15H26N2O5/c1-6-11(16-14(21)22-15(3,4)5)12(18)17-7-10(8-17)9(2)13(19)20/h9-11H,6-8H2,1-5H3,(H,16,21)(H,19,20)/t9?,11-/m0/s1. The number of alkyl carbamates (subject to hydrolysis) is 1. The lowest BCUT2D eigenvalue weighted by molar-refractivity contribution is -0.151. The molecule has 1 aliphatic heterocycles. The van der Waals surface area contributed by atoms with E-state index < -0.39 is 29.6 Å². The summed E-state index contributed by atoms with van der Waals surface area (Å²) in [7, 11) is 0. The molecule has 1 fully saturated rings. The molecule has 0 aromatic carbocycles. The Labute approximate surface area is 131 Å². The number of carboxylic acid groups (broad SMARTS) is 1. The van der Waals surface area contributed by atoms with Crippen LogP contribution in [0.25, 0.3) is 0 Å². The Balaban J connectivity index is 2.50. The molecule has 7 nitrogen and oxygen atoms in total. The summed E-state index contributed by atoms with van der Waals surface area (Å²) in [5, 5.41) is 11.5. The van der Waals surface area contributed by atoms with E-state index in [2.05, 4.69) is 5.32 Å². The molecule has 0 bridgehead atoms. The van der Waals surface area contributed by atoms with Crippen LogP contribution in [-0.2, 0) is 14.3 Å². The molecule has 0 aromatic rings. The first-order valence-electron chi connectivity index (χ1n) is 7.56. The van der Waals surface area contributed by atoms with Gasteiger partial charge in [0.25, 0.3) is 0 Å². The van der Waals surface area contributed by atoms with Gasteiger partial charge in [-0.15, -0.1) is 0 Å². The van der Waals surface area contributed by atoms with Crippen molar-refractivity contribution >= 4 is 18.0 Å². The molecule has 1 saturated heterocycles. The number of nitrogens with zero attached hydrogens (tertiary/aromatic N) is 1. The van der Waals surface area contributed by atoms with Gasteiger partial charge in [0.1, 0.15) is 11.6 Å². The minimum Gasteiger partial charge on any atom is -0.481 e. The van der Waals surface area contributed by atoms with Crippen LogP contribution in [0.3, 0.4) is 0 Å². The molecule has 0 spiro atoms. The van der Waals surface area contributed by atoms with Crippen LogP contribution in [0.2, 0.25) is 0 Å². The first-order chi connectivity index (χ1) is 10.0. The van der Waals surface area contributed by atoms with Gasteiger partial charge in [0, 0.05) is 19.0 Å². The highest BCUT2D eigenvalue weighted by atomic mass is 16.6. The van der Waals surface area contributed by atoms with Crippen molar-refractivity contribution in [2.75, 3.05) is 13.1 Å². The lowest BCUT2D eigenvalue weighted by atomic mass is 9.86. The summed E-state index contributed by atoms with van der Waals surface area (Å²) < 4.78 is 5.14. The number of hydrogen-bond donors (Lipinski definition) is 2. The molecule has 126 valence electrons. The molecule has 1 unspecified atom stereocenters. The van der Waals surface area contributed by atoms with Crippen molar-refractivity contribution in [3.05, 3.63) is 0 Å². The SMILES string of the molecule is CC[C@H](NC(=O)OC(C)(C)C)C(=O)N1CC(C(C)C(=O)O)C1. The Hall–Kier alpha value is -1.79. The van der Waals surface area contributed by atoms with Crippen LogP contribution in [-0.4, -0.2) is 52.7 Å². The average molecular weight is 314 g/mol. The quantitative estimate of drug-likeness (QED) is 0.801. The van der Waals surface area contributed by atoms with Gasteiger partial charge < -0.3 is 20.1 Å². The third-order valence-corrected chi connectivity index (χ3v) is 3.72. The Morgan fingerprint density at radius 3 is 2.27 bits per heavy atom. The van der Waals surface area contributed by atoms with E-state index in [0.717, 1.165) is 0 Å². The highest BCUT2D eigenvalue weighted by Crippen LogP contribution is 2.25. The summed E-state index contributed by atoms with van der Waals surface area (Å²) in [6.45, 7) is 9.54. The maximum atomic E-state index is 12.3. The lowest BCUT2D eigenvalue weighted by Gasteiger charge is -2.42. The normalized spacial score (nSPS) is 18.1. The summed E-state index contributed by atoms with van der Waals surface area (Å²) in [5.41, 5.74) is -0.621. The van der Waals surface area contributed by atoms with Crippen molar-refractivity contribution in [3.63, 3.8) is 0 Å². The molecule has 7 heteroatoms. The van der Waals surface area contributed by atoms with Gasteiger partial charge >= 0.3 is 12.1 Å². The van der Waals surface area contributed by atoms with Crippen LogP contribution in [0.15, 0.2) is 0 Å². The zero-order chi connectivity index (χ0) is 17.1. The van der Waals surface area contributed by atoms with Crippen molar-refractivity contribution in [2.24, 2.45) is 11.8 Å². The number of carbonyl (C=O) groups is 3. The molecule has 2 N–H and O–H groups in total. The molecule has 2 atom stereocenters. The fourth-order valence-electron chi connectivity index (χ4n) is 2.22. The second kappa shape index (κ2) is 6.98. The molecule has 0 radical (unpaired) electrons. The molecular formula is C15H26N2O5. The second-order valence-corrected chi connectivity index (χ2v) is 6.74. The van der Waals surface area contributed by atoms with E-state index in [-0.39, 0.29) is 11.8 Å². The lowest BCUT2D eigenvalue weighted by Crippen LogP contribution is -2.59. The van der Waals surface area contributed by atoms with Gasteiger partial charge in [-0.2, -0.15) is 0 Å². The first-order valence-corrected chi connectivity index (χ1v) is 7.56. The molecule has 0 saturated carbocycles. The largest absolute Gasteiger partial charge is 0.481 e. The van der Waals surface area contributed by atoms with E-state index in [0.29, 0.717) is 19.5 Å². The zero-order valence-electron chi connectivity index (χ0n) is 13.9. The van der Waals surface area contributed by atoms with Gasteiger partial charge in [-0.05, 0) is 27.2 Å². The van der Waals surface area contributed by atoms with E-state index in [1.165, 1.54) is 0 Å². The number of nitrogens with one attached hydrogen (secondary N) is 1. The Bertz CT molecular complexity index is 438. The number of carboxylic acids is 1. The van der Waals surface area contributed by atoms with Gasteiger partial charge in [-0.1, -0.05) is 13.8 Å². The summed E-state index contributed by atoms with van der Waals surface area (Å²) in [5.74, 6) is -1.54. The van der Waals surface area contributed by atoms with Crippen LogP contribution in [0.1, 0.15) is 41.0 Å². The predicted molar refractivity (Wildman–Crippen MR) is 80.3 cm³/mol. The fraction of sp³-hybridized carbons (Fsp3) is 0.800. The summed E-state index contributed by atoms with van der Waals surface area (Å²) >= 11 is 0. The van der Waals surface area contributed by atoms with E-state index in [1.807, 2.05) is 0 Å². The van der Waals surface area contributed by atoms with Crippen molar-refractivity contribution in [3.8, 4) is 0 Å². The Morgan fingerprint density at radius 1 is 1.32 bits per heavy atom. The van der Waals surface area contributed by atoms with Crippen LogP contribution >= 0.6 is 0 Å². The number of amides is 2. The third-order valence-electron chi connectivity index (χ3n) is 3.72. The van der Waals surface area contributed by atoms with Gasteiger partial charge in [0.15, 0.2) is 0 Å². The molecule has 0 aromatic heterocycles. The number of aliphatic carboxylic acids is 1. The van der Waals surface area contributed by atoms with Crippen LogP contribution in [0.5, 0.6) is 0 Å². The fourth-order valence-corrected chi connectivity index (χ4v) is 2.22. The molecule has 1 aliphatic rings. The number of ether oxygens (including phenoxy) is 1. The highest BCUT2D eigenvalue weighted by Gasteiger charge is 2.39. The van der Waals surface area contributed by atoms with Crippen molar-refractivity contribution in [1.82, 2.24) is 10.2 Å². The molecule has 2 amide bonds. The molecule has 22 heavy (non-hydrogen) atoms. The first kappa shape index (κ1) is 18.3. The Morgan fingerprint density at radius 2 is 1.86 bits per heavy atom. The van der Waals surface area contributed by atoms with Gasteiger partial charge in [0.2, 0.25) is 5.91 Å². The summed E-state index contributed by atoms with van der Waals surface area (Å²) in [6, 6.07) is -0.643. The number of hydrogen-bond acceptors (Lipinski definition) is 4. The average Bonchev–Trinajstić information content (AvgIpc) is 2.31. The molecular weight excluding hydrogens is 288 g/mol. The van der Waals surface area contributed by atoms with E-state index in [4.69, 9.17) is 9.84 Å². The van der Waals surface area contributed by atoms with Gasteiger partial charge in [-0.25, -0.2) is 4.79 Å². The smallest absolute Gasteiger partial charge is 0.408 e. The van der Waals surface area contributed by atoms with Crippen molar-refractivity contribution in [2.45, 2.75) is 52.7 Å². The topological polar surface area (TPSA) is 95.9 Å². The van der Waals surface area contributed by atoms with E-state index >= 15 is 0 Å². The molecule has 1 rings (SSSR count). The molecule has 0 aliphatic carbocycles. The van der Waals surface area contributed by atoms with Crippen LogP contribution in [0, 0.1) is 11.8 Å². The van der Waals surface area contributed by atoms with Gasteiger partial charge in [0.05, 0.1) is 5.92 Å². The minimum atomic E-state index is -0.851. The minimum absolute atomic E-state index is 0.0273. The van der Waals surface area contributed by atoms with E-state index in [9.17, 15) is 14.4 Å². The van der Waals surface area contributed by atoms with E-state index in [1.54, 1.807) is 39.5 Å². The number of carbonyl (C=O) groups excluding carboxylic acids is 2. The third kappa shape index (κ3) is 4.89. The maximum absolute atomic E-state index is 12.3. The highest BCUT2D eigenvalue weighted by molar-refractivity contribution is 5.86. The van der Waals surface area contributed by atoms with Crippen LogP contribution in [0.4, 0.5) is 4.79 Å². The summed E-state index contributed by atoms with van der Waals surface area (Å²) in [6.07, 6.45) is -0.169. The Kier molecular flexibility index (Phi) is 5.79. The monoisotopic (exact) mass is 314 g/mol. The summed E-state index contributed by atoms with van der Waals surface area (Å²) in [4.78, 5) is 36.5. The van der Waals surface area contributed by atoms with Crippen molar-refractivity contribution in [1.29, 1.82) is 0 Å². The number of rotatable bonds is 5. The maximum Gasteiger partial charge on any atom is 0.408 e. The molecule has 1 heterocycles. The van der Waals surface area contributed by atoms with Gasteiger partial charge in [-0.3, -0.25) is 9.59 Å². The zero-order valence-corrected chi connectivity index (χ0v) is 13.9. The number of likely N-dealkylation sites (tertiary alicyclic amines) is 1. The second-order valence-electron chi connectivity index (χ2n) is 6.74. The predicted octanol–water partition coefficient (Wildman–Crippen LogP) is 1.47. The van der Waals surface area contributed by atoms with Crippen LogP contribution < -0.4 is 5.32 Å².